The minimum Gasteiger partial charge on any atom is -0.404 e. The molecule has 4 N–H and O–H groups in total. The minimum atomic E-state index is -4.52. The molecule has 2 aromatic carbocycles. The van der Waals surface area contributed by atoms with Crippen molar-refractivity contribution < 1.29 is 18.9 Å². The van der Waals surface area contributed by atoms with Crippen molar-refractivity contribution in [3.05, 3.63) is 36.4 Å². The van der Waals surface area contributed by atoms with E-state index in [1.807, 2.05) is 6.07 Å². The molecule has 0 aliphatic heterocycles. The maximum Gasteiger partial charge on any atom is 0.524 e. The second-order valence-corrected chi connectivity index (χ2v) is 4.48. The summed E-state index contributed by atoms with van der Waals surface area (Å²) in [6.07, 6.45) is 0. The van der Waals surface area contributed by atoms with Crippen LogP contribution >= 0.6 is 7.82 Å². The van der Waals surface area contributed by atoms with Gasteiger partial charge in [0.1, 0.15) is 5.75 Å². The number of nitrogens with two attached hydrogens (primary N) is 1. The third kappa shape index (κ3) is 2.33. The number of phosphoric acid groups is 1. The molecule has 0 aliphatic carbocycles. The van der Waals surface area contributed by atoms with E-state index < -0.39 is 7.82 Å². The van der Waals surface area contributed by atoms with E-state index in [1.165, 1.54) is 12.1 Å². The molecule has 0 spiro atoms. The average Bonchev–Trinajstić information content (AvgIpc) is 2.17. The number of phosphoric ester groups is 1. The van der Waals surface area contributed by atoms with Gasteiger partial charge < -0.3 is 10.3 Å². The molecule has 0 amide bonds. The standard InChI is InChI=1S/C10H10NO4P/c11-10-3-1-2-7-4-5-8(6-9(7)10)15-16(12,13)14/h1-6H,11H2,(H2,12,13,14). The van der Waals surface area contributed by atoms with Crippen molar-refractivity contribution in [3.8, 4) is 5.75 Å². The molecule has 0 saturated heterocycles. The molecule has 0 unspecified atom stereocenters. The second kappa shape index (κ2) is 3.79. The highest BCUT2D eigenvalue weighted by Gasteiger charge is 2.15. The van der Waals surface area contributed by atoms with E-state index in [-0.39, 0.29) is 5.75 Å². The fourth-order valence-electron chi connectivity index (χ4n) is 1.47. The van der Waals surface area contributed by atoms with E-state index in [1.54, 1.807) is 18.2 Å². The SMILES string of the molecule is Nc1cccc2ccc(OP(=O)(O)O)cc12. The van der Waals surface area contributed by atoms with Crippen LogP contribution in [0.3, 0.4) is 0 Å². The lowest BCUT2D eigenvalue weighted by molar-refractivity contribution is 0.283. The average molecular weight is 239 g/mol. The van der Waals surface area contributed by atoms with Gasteiger partial charge in [-0.3, -0.25) is 9.79 Å². The lowest BCUT2D eigenvalue weighted by Crippen LogP contribution is -1.91. The summed E-state index contributed by atoms with van der Waals surface area (Å²) in [4.78, 5) is 17.3. The first kappa shape index (κ1) is 11.0. The largest absolute Gasteiger partial charge is 0.524 e. The fraction of sp³-hybridized carbons (Fsp3) is 0. The topological polar surface area (TPSA) is 92.8 Å². The number of hydrogen-bond donors (Lipinski definition) is 3. The number of benzene rings is 2. The molecule has 0 fully saturated rings. The van der Waals surface area contributed by atoms with Crippen molar-refractivity contribution in [3.63, 3.8) is 0 Å². The van der Waals surface area contributed by atoms with Crippen molar-refractivity contribution in [2.45, 2.75) is 0 Å². The van der Waals surface area contributed by atoms with Crippen LogP contribution in [0.2, 0.25) is 0 Å². The molecule has 5 nitrogen and oxygen atoms in total. The van der Waals surface area contributed by atoms with E-state index in [0.717, 1.165) is 5.39 Å². The quantitative estimate of drug-likeness (QED) is 0.549. The molecule has 0 atom stereocenters. The summed E-state index contributed by atoms with van der Waals surface area (Å²) in [5.74, 6) is 0.0960. The highest BCUT2D eigenvalue weighted by molar-refractivity contribution is 7.46. The van der Waals surface area contributed by atoms with Crippen molar-refractivity contribution in [2.24, 2.45) is 0 Å². The van der Waals surface area contributed by atoms with Gasteiger partial charge in [-0.1, -0.05) is 18.2 Å². The second-order valence-electron chi connectivity index (χ2n) is 3.31. The molecule has 6 heteroatoms. The van der Waals surface area contributed by atoms with Crippen molar-refractivity contribution in [1.82, 2.24) is 0 Å². The van der Waals surface area contributed by atoms with Gasteiger partial charge in [-0.15, -0.1) is 0 Å². The monoisotopic (exact) mass is 239 g/mol. The van der Waals surface area contributed by atoms with Crippen LogP contribution < -0.4 is 10.3 Å². The summed E-state index contributed by atoms with van der Waals surface area (Å²) in [7, 11) is -4.52. The molecule has 0 heterocycles. The van der Waals surface area contributed by atoms with E-state index in [9.17, 15) is 4.57 Å². The minimum absolute atomic E-state index is 0.0960. The molecular formula is C10H10NO4P. The molecule has 0 saturated carbocycles. The zero-order valence-corrected chi connectivity index (χ0v) is 9.09. The highest BCUT2D eigenvalue weighted by Crippen LogP contribution is 2.38. The van der Waals surface area contributed by atoms with Crippen molar-refractivity contribution in [2.75, 3.05) is 5.73 Å². The highest BCUT2D eigenvalue weighted by atomic mass is 31.2. The molecule has 2 aromatic rings. The zero-order chi connectivity index (χ0) is 11.8. The third-order valence-corrected chi connectivity index (χ3v) is 2.56. The summed E-state index contributed by atoms with van der Waals surface area (Å²) in [5, 5.41) is 1.59. The predicted octanol–water partition coefficient (Wildman–Crippen LogP) is 1.89. The number of fused-ring (bicyclic) bond motifs is 1. The van der Waals surface area contributed by atoms with Crippen molar-refractivity contribution in [1.29, 1.82) is 0 Å². The molecule has 16 heavy (non-hydrogen) atoms. The van der Waals surface area contributed by atoms with E-state index >= 15 is 0 Å². The Bertz CT molecular complexity index is 578. The Kier molecular flexibility index (Phi) is 2.59. The number of anilines is 1. The molecule has 0 aromatic heterocycles. The molecule has 0 aliphatic rings. The maximum absolute atomic E-state index is 10.7. The Morgan fingerprint density at radius 3 is 2.62 bits per heavy atom. The Morgan fingerprint density at radius 1 is 1.19 bits per heavy atom. The van der Waals surface area contributed by atoms with Crippen molar-refractivity contribution >= 4 is 24.3 Å². The molecule has 0 radical (unpaired) electrons. The van der Waals surface area contributed by atoms with Gasteiger partial charge >= 0.3 is 7.82 Å². The lowest BCUT2D eigenvalue weighted by Gasteiger charge is -2.08. The van der Waals surface area contributed by atoms with Gasteiger partial charge in [-0.2, -0.15) is 0 Å². The Hall–Kier alpha value is -1.55. The molecular weight excluding hydrogens is 229 g/mol. The van der Waals surface area contributed by atoms with Crippen LogP contribution in [0, 0.1) is 0 Å². The Morgan fingerprint density at radius 2 is 1.94 bits per heavy atom. The maximum atomic E-state index is 10.7. The first-order valence-electron chi connectivity index (χ1n) is 4.49. The van der Waals surface area contributed by atoms with E-state index in [0.29, 0.717) is 11.1 Å². The van der Waals surface area contributed by atoms with Gasteiger partial charge in [0.15, 0.2) is 0 Å². The van der Waals surface area contributed by atoms with Crippen LogP contribution in [0.1, 0.15) is 0 Å². The Labute approximate surface area is 91.7 Å². The van der Waals surface area contributed by atoms with Gasteiger partial charge in [0.25, 0.3) is 0 Å². The zero-order valence-electron chi connectivity index (χ0n) is 8.20. The molecule has 2 rings (SSSR count). The summed E-state index contributed by atoms with van der Waals surface area (Å²) in [5.41, 5.74) is 6.28. The normalized spacial score (nSPS) is 11.6. The predicted molar refractivity (Wildman–Crippen MR) is 61.0 cm³/mol. The lowest BCUT2D eigenvalue weighted by atomic mass is 10.1. The number of nitrogen functional groups attached to an aromatic ring is 1. The van der Waals surface area contributed by atoms with Gasteiger partial charge in [0.2, 0.25) is 0 Å². The first-order valence-corrected chi connectivity index (χ1v) is 6.02. The van der Waals surface area contributed by atoms with Crippen LogP contribution in [-0.2, 0) is 4.57 Å². The van der Waals surface area contributed by atoms with Crippen LogP contribution in [0.25, 0.3) is 10.8 Å². The first-order chi connectivity index (χ1) is 7.46. The summed E-state index contributed by atoms with van der Waals surface area (Å²) < 4.78 is 15.1. The number of rotatable bonds is 2. The van der Waals surface area contributed by atoms with Gasteiger partial charge in [0, 0.05) is 11.1 Å². The van der Waals surface area contributed by atoms with Gasteiger partial charge in [-0.25, -0.2) is 4.57 Å². The van der Waals surface area contributed by atoms with Gasteiger partial charge in [0.05, 0.1) is 0 Å². The molecule has 0 bridgehead atoms. The molecule has 84 valence electrons. The van der Waals surface area contributed by atoms with Gasteiger partial charge in [-0.05, 0) is 23.6 Å². The third-order valence-electron chi connectivity index (χ3n) is 2.11. The summed E-state index contributed by atoms with van der Waals surface area (Å²) >= 11 is 0. The van der Waals surface area contributed by atoms with Crippen LogP contribution in [0.5, 0.6) is 5.75 Å². The van der Waals surface area contributed by atoms with Crippen LogP contribution in [0.4, 0.5) is 5.69 Å². The summed E-state index contributed by atoms with van der Waals surface area (Å²) in [6.45, 7) is 0. The van der Waals surface area contributed by atoms with Crippen LogP contribution in [0.15, 0.2) is 36.4 Å². The van der Waals surface area contributed by atoms with E-state index in [4.69, 9.17) is 15.5 Å². The summed E-state index contributed by atoms with van der Waals surface area (Å²) in [6, 6.07) is 10.1. The Balaban J connectivity index is 2.51. The number of hydrogen-bond acceptors (Lipinski definition) is 3. The smallest absolute Gasteiger partial charge is 0.404 e. The fourth-order valence-corrected chi connectivity index (χ4v) is 1.86. The van der Waals surface area contributed by atoms with Crippen LogP contribution in [-0.4, -0.2) is 9.79 Å². The van der Waals surface area contributed by atoms with E-state index in [2.05, 4.69) is 4.52 Å².